The minimum Gasteiger partial charge on any atom is -0.377 e. The minimum atomic E-state index is 0.0730. The molecule has 1 atom stereocenters. The standard InChI is InChI=1S/C13H19NO/c1-10(15-2)12-6-4-3-5-11(12)9-13(14)7-8-13/h3-6,10H,7-9,14H2,1-2H3. The molecule has 1 aromatic rings. The first-order chi connectivity index (χ1) is 7.14. The van der Waals surface area contributed by atoms with Gasteiger partial charge in [-0.25, -0.2) is 0 Å². The van der Waals surface area contributed by atoms with E-state index in [4.69, 9.17) is 10.5 Å². The van der Waals surface area contributed by atoms with Crippen molar-refractivity contribution in [3.05, 3.63) is 35.4 Å². The molecule has 2 N–H and O–H groups in total. The van der Waals surface area contributed by atoms with Crippen LogP contribution in [-0.4, -0.2) is 12.6 Å². The zero-order valence-electron chi connectivity index (χ0n) is 9.49. The van der Waals surface area contributed by atoms with Crippen LogP contribution in [0.4, 0.5) is 0 Å². The van der Waals surface area contributed by atoms with E-state index < -0.39 is 0 Å². The van der Waals surface area contributed by atoms with Crippen molar-refractivity contribution in [1.29, 1.82) is 0 Å². The van der Waals surface area contributed by atoms with Gasteiger partial charge in [0.15, 0.2) is 0 Å². The van der Waals surface area contributed by atoms with Crippen LogP contribution in [0.2, 0.25) is 0 Å². The van der Waals surface area contributed by atoms with Crippen LogP contribution < -0.4 is 5.73 Å². The SMILES string of the molecule is COC(C)c1ccccc1CC1(N)CC1. The average Bonchev–Trinajstić information content (AvgIpc) is 2.96. The minimum absolute atomic E-state index is 0.0730. The molecule has 1 unspecified atom stereocenters. The molecule has 82 valence electrons. The molecule has 1 saturated carbocycles. The summed E-state index contributed by atoms with van der Waals surface area (Å²) in [6.45, 7) is 2.08. The highest BCUT2D eigenvalue weighted by Gasteiger charge is 2.38. The van der Waals surface area contributed by atoms with Crippen LogP contribution in [0.1, 0.15) is 37.0 Å². The second-order valence-corrected chi connectivity index (χ2v) is 4.62. The largest absolute Gasteiger partial charge is 0.377 e. The van der Waals surface area contributed by atoms with Crippen molar-refractivity contribution in [2.24, 2.45) is 5.73 Å². The second kappa shape index (κ2) is 3.95. The highest BCUT2D eigenvalue weighted by Crippen LogP contribution is 2.37. The summed E-state index contributed by atoms with van der Waals surface area (Å²) in [6, 6.07) is 8.43. The summed E-state index contributed by atoms with van der Waals surface area (Å²) >= 11 is 0. The number of hydrogen-bond acceptors (Lipinski definition) is 2. The molecular formula is C13H19NO. The van der Waals surface area contributed by atoms with E-state index in [0.717, 1.165) is 19.3 Å². The lowest BCUT2D eigenvalue weighted by molar-refractivity contribution is 0.118. The Kier molecular flexibility index (Phi) is 2.81. The monoisotopic (exact) mass is 205 g/mol. The van der Waals surface area contributed by atoms with E-state index in [1.165, 1.54) is 11.1 Å². The van der Waals surface area contributed by atoms with Gasteiger partial charge in [-0.15, -0.1) is 0 Å². The average molecular weight is 205 g/mol. The Morgan fingerprint density at radius 1 is 1.40 bits per heavy atom. The smallest absolute Gasteiger partial charge is 0.0795 e. The van der Waals surface area contributed by atoms with Crippen LogP contribution in [0, 0.1) is 0 Å². The normalized spacial score (nSPS) is 19.9. The van der Waals surface area contributed by atoms with Gasteiger partial charge in [-0.3, -0.25) is 0 Å². The van der Waals surface area contributed by atoms with Gasteiger partial charge in [0.1, 0.15) is 0 Å². The Morgan fingerprint density at radius 3 is 2.67 bits per heavy atom. The van der Waals surface area contributed by atoms with Gasteiger partial charge in [-0.2, -0.15) is 0 Å². The maximum Gasteiger partial charge on any atom is 0.0795 e. The van der Waals surface area contributed by atoms with Gasteiger partial charge < -0.3 is 10.5 Å². The molecule has 0 heterocycles. The summed E-state index contributed by atoms with van der Waals surface area (Å²) in [5, 5.41) is 0. The van der Waals surface area contributed by atoms with Gasteiger partial charge in [-0.05, 0) is 37.3 Å². The first-order valence-electron chi connectivity index (χ1n) is 5.54. The van der Waals surface area contributed by atoms with E-state index in [-0.39, 0.29) is 11.6 Å². The van der Waals surface area contributed by atoms with Crippen LogP contribution in [0.3, 0.4) is 0 Å². The van der Waals surface area contributed by atoms with Crippen molar-refractivity contribution >= 4 is 0 Å². The van der Waals surface area contributed by atoms with E-state index in [1.54, 1.807) is 7.11 Å². The molecule has 0 aromatic heterocycles. The fourth-order valence-electron chi connectivity index (χ4n) is 1.94. The van der Waals surface area contributed by atoms with E-state index in [0.29, 0.717) is 0 Å². The van der Waals surface area contributed by atoms with Crippen molar-refractivity contribution < 1.29 is 4.74 Å². The topological polar surface area (TPSA) is 35.2 Å². The molecule has 1 aliphatic carbocycles. The Hall–Kier alpha value is -0.860. The highest BCUT2D eigenvalue weighted by molar-refractivity contribution is 5.31. The van der Waals surface area contributed by atoms with Gasteiger partial charge in [0.25, 0.3) is 0 Å². The van der Waals surface area contributed by atoms with Gasteiger partial charge in [-0.1, -0.05) is 24.3 Å². The molecule has 0 spiro atoms. The first-order valence-corrected chi connectivity index (χ1v) is 5.54. The van der Waals surface area contributed by atoms with E-state index in [1.807, 2.05) is 0 Å². The zero-order valence-corrected chi connectivity index (χ0v) is 9.49. The molecule has 2 nitrogen and oxygen atoms in total. The third-order valence-corrected chi connectivity index (χ3v) is 3.28. The maximum absolute atomic E-state index is 6.15. The molecule has 2 heteroatoms. The van der Waals surface area contributed by atoms with Crippen LogP contribution in [0.25, 0.3) is 0 Å². The lowest BCUT2D eigenvalue weighted by atomic mass is 9.96. The molecule has 2 rings (SSSR count). The van der Waals surface area contributed by atoms with E-state index >= 15 is 0 Å². The van der Waals surface area contributed by atoms with Crippen LogP contribution >= 0.6 is 0 Å². The third kappa shape index (κ3) is 2.39. The van der Waals surface area contributed by atoms with Gasteiger partial charge in [0, 0.05) is 12.6 Å². The van der Waals surface area contributed by atoms with Crippen LogP contribution in [0.5, 0.6) is 0 Å². The molecule has 1 aliphatic rings. The van der Waals surface area contributed by atoms with E-state index in [9.17, 15) is 0 Å². The lowest BCUT2D eigenvalue weighted by Gasteiger charge is -2.17. The fraction of sp³-hybridized carbons (Fsp3) is 0.538. The number of ether oxygens (including phenoxy) is 1. The quantitative estimate of drug-likeness (QED) is 0.819. The van der Waals surface area contributed by atoms with Crippen molar-refractivity contribution in [1.82, 2.24) is 0 Å². The zero-order chi connectivity index (χ0) is 10.9. The molecule has 1 aromatic carbocycles. The third-order valence-electron chi connectivity index (χ3n) is 3.28. The van der Waals surface area contributed by atoms with Crippen molar-refractivity contribution in [2.45, 2.75) is 37.8 Å². The fourth-order valence-corrected chi connectivity index (χ4v) is 1.94. The Morgan fingerprint density at radius 2 is 2.07 bits per heavy atom. The van der Waals surface area contributed by atoms with Gasteiger partial charge >= 0.3 is 0 Å². The van der Waals surface area contributed by atoms with Crippen molar-refractivity contribution in [3.8, 4) is 0 Å². The second-order valence-electron chi connectivity index (χ2n) is 4.62. The molecule has 0 bridgehead atoms. The number of rotatable bonds is 4. The molecule has 0 radical (unpaired) electrons. The first kappa shape index (κ1) is 10.7. The predicted molar refractivity (Wildman–Crippen MR) is 61.7 cm³/mol. The van der Waals surface area contributed by atoms with E-state index in [2.05, 4.69) is 31.2 Å². The summed E-state index contributed by atoms with van der Waals surface area (Å²) in [7, 11) is 1.75. The number of benzene rings is 1. The van der Waals surface area contributed by atoms with Crippen molar-refractivity contribution in [2.75, 3.05) is 7.11 Å². The summed E-state index contributed by atoms with van der Waals surface area (Å²) in [4.78, 5) is 0. The molecule has 0 aliphatic heterocycles. The summed E-state index contributed by atoms with van der Waals surface area (Å²) < 4.78 is 5.37. The number of hydrogen-bond donors (Lipinski definition) is 1. The number of methoxy groups -OCH3 is 1. The maximum atomic E-state index is 6.15. The molecule has 1 fully saturated rings. The summed E-state index contributed by atoms with van der Waals surface area (Å²) in [5.74, 6) is 0. The molecule has 15 heavy (non-hydrogen) atoms. The molecular weight excluding hydrogens is 186 g/mol. The molecule has 0 amide bonds. The summed E-state index contributed by atoms with van der Waals surface area (Å²) in [6.07, 6.45) is 3.45. The number of nitrogens with two attached hydrogens (primary N) is 1. The van der Waals surface area contributed by atoms with Crippen molar-refractivity contribution in [3.63, 3.8) is 0 Å². The Labute approximate surface area is 91.4 Å². The summed E-state index contributed by atoms with van der Waals surface area (Å²) in [5.41, 5.74) is 8.84. The predicted octanol–water partition coefficient (Wildman–Crippen LogP) is 2.43. The van der Waals surface area contributed by atoms with Gasteiger partial charge in [0.05, 0.1) is 6.10 Å². The Balaban J connectivity index is 2.21. The highest BCUT2D eigenvalue weighted by atomic mass is 16.5. The lowest BCUT2D eigenvalue weighted by Crippen LogP contribution is -2.25. The molecule has 0 saturated heterocycles. The van der Waals surface area contributed by atoms with Gasteiger partial charge in [0.2, 0.25) is 0 Å². The van der Waals surface area contributed by atoms with Crippen LogP contribution in [0.15, 0.2) is 24.3 Å². The van der Waals surface area contributed by atoms with Crippen LogP contribution in [-0.2, 0) is 11.2 Å². The Bertz CT molecular complexity index is 344.